The number of hydrogen-bond acceptors (Lipinski definition) is 4. The van der Waals surface area contributed by atoms with Crippen LogP contribution in [-0.2, 0) is 10.9 Å². The molecule has 0 bridgehead atoms. The maximum atomic E-state index is 13.1. The first-order chi connectivity index (χ1) is 9.45. The van der Waals surface area contributed by atoms with Crippen molar-refractivity contribution >= 4 is 5.97 Å². The average molecular weight is 285 g/mol. The van der Waals surface area contributed by atoms with Crippen LogP contribution in [-0.4, -0.2) is 27.3 Å². The minimum atomic E-state index is -4.75. The summed E-state index contributed by atoms with van der Waals surface area (Å²) in [7, 11) is 0. The van der Waals surface area contributed by atoms with Crippen LogP contribution in [0.2, 0.25) is 0 Å². The maximum Gasteiger partial charge on any atom is 0.434 e. The lowest BCUT2D eigenvalue weighted by Crippen LogP contribution is -2.19. The number of pyridine rings is 1. The first-order valence-electron chi connectivity index (χ1n) is 5.69. The summed E-state index contributed by atoms with van der Waals surface area (Å²) in [5.74, 6) is -1.10. The van der Waals surface area contributed by atoms with Crippen molar-refractivity contribution in [3.05, 3.63) is 41.9 Å². The van der Waals surface area contributed by atoms with Gasteiger partial charge in [-0.05, 0) is 19.1 Å². The largest absolute Gasteiger partial charge is 0.462 e. The van der Waals surface area contributed by atoms with Crippen molar-refractivity contribution in [1.82, 2.24) is 14.8 Å². The molecule has 0 aromatic carbocycles. The highest BCUT2D eigenvalue weighted by Gasteiger charge is 2.41. The fourth-order valence-corrected chi connectivity index (χ4v) is 1.63. The van der Waals surface area contributed by atoms with Crippen LogP contribution in [0.15, 0.2) is 30.6 Å². The van der Waals surface area contributed by atoms with E-state index in [0.717, 1.165) is 6.20 Å². The topological polar surface area (TPSA) is 57.0 Å². The second kappa shape index (κ2) is 5.32. The zero-order valence-corrected chi connectivity index (χ0v) is 10.4. The summed E-state index contributed by atoms with van der Waals surface area (Å²) in [5, 5.41) is 3.59. The van der Waals surface area contributed by atoms with Crippen LogP contribution in [0, 0.1) is 0 Å². The van der Waals surface area contributed by atoms with Crippen molar-refractivity contribution in [2.75, 3.05) is 6.61 Å². The maximum absolute atomic E-state index is 13.1. The molecule has 2 aromatic heterocycles. The molecule has 0 radical (unpaired) electrons. The summed E-state index contributed by atoms with van der Waals surface area (Å²) in [6.07, 6.45) is -2.59. The van der Waals surface area contributed by atoms with Gasteiger partial charge in [0, 0.05) is 6.20 Å². The van der Waals surface area contributed by atoms with Crippen molar-refractivity contribution in [2.24, 2.45) is 0 Å². The van der Waals surface area contributed by atoms with Crippen LogP contribution in [0.5, 0.6) is 0 Å². The predicted octanol–water partition coefficient (Wildman–Crippen LogP) is 2.46. The zero-order chi connectivity index (χ0) is 14.8. The highest BCUT2D eigenvalue weighted by molar-refractivity contribution is 5.90. The lowest BCUT2D eigenvalue weighted by molar-refractivity contribution is -0.143. The van der Waals surface area contributed by atoms with Gasteiger partial charge >= 0.3 is 12.1 Å². The monoisotopic (exact) mass is 285 g/mol. The van der Waals surface area contributed by atoms with Crippen molar-refractivity contribution in [2.45, 2.75) is 13.1 Å². The number of carbonyl (C=O) groups excluding carboxylic acids is 1. The molecule has 5 nitrogen and oxygen atoms in total. The number of ether oxygens (including phenoxy) is 1. The van der Waals surface area contributed by atoms with Gasteiger partial charge in [0.15, 0.2) is 11.5 Å². The van der Waals surface area contributed by atoms with E-state index in [0.29, 0.717) is 4.68 Å². The Balaban J connectivity index is 2.57. The number of hydrogen-bond donors (Lipinski definition) is 0. The smallest absolute Gasteiger partial charge is 0.434 e. The molecule has 0 aliphatic carbocycles. The third kappa shape index (κ3) is 2.63. The predicted molar refractivity (Wildman–Crippen MR) is 62.3 cm³/mol. The highest BCUT2D eigenvalue weighted by atomic mass is 19.4. The van der Waals surface area contributed by atoms with E-state index in [9.17, 15) is 18.0 Å². The molecular formula is C12H10F3N3O2. The van der Waals surface area contributed by atoms with Gasteiger partial charge in [0.05, 0.1) is 12.8 Å². The fraction of sp³-hybridized carbons (Fsp3) is 0.250. The van der Waals surface area contributed by atoms with Crippen molar-refractivity contribution in [1.29, 1.82) is 0 Å². The van der Waals surface area contributed by atoms with Gasteiger partial charge in [-0.2, -0.15) is 18.3 Å². The molecule has 2 rings (SSSR count). The lowest BCUT2D eigenvalue weighted by atomic mass is 10.2. The Labute approximate surface area is 112 Å². The summed E-state index contributed by atoms with van der Waals surface area (Å²) in [6.45, 7) is 1.49. The van der Waals surface area contributed by atoms with Gasteiger partial charge in [-0.25, -0.2) is 14.5 Å². The summed E-state index contributed by atoms with van der Waals surface area (Å²) < 4.78 is 44.6. The minimum absolute atomic E-state index is 0.0229. The third-order valence-corrected chi connectivity index (χ3v) is 2.40. The van der Waals surface area contributed by atoms with Crippen molar-refractivity contribution < 1.29 is 22.7 Å². The fourth-order valence-electron chi connectivity index (χ4n) is 1.63. The van der Waals surface area contributed by atoms with Gasteiger partial charge in [-0.3, -0.25) is 0 Å². The van der Waals surface area contributed by atoms with Crippen LogP contribution in [0.25, 0.3) is 5.82 Å². The van der Waals surface area contributed by atoms with Crippen LogP contribution in [0.3, 0.4) is 0 Å². The zero-order valence-electron chi connectivity index (χ0n) is 10.4. The van der Waals surface area contributed by atoms with Gasteiger partial charge in [-0.15, -0.1) is 0 Å². The summed E-state index contributed by atoms with van der Waals surface area (Å²) in [5.41, 5.74) is -1.83. The van der Waals surface area contributed by atoms with Gasteiger partial charge < -0.3 is 4.74 Å². The summed E-state index contributed by atoms with van der Waals surface area (Å²) in [4.78, 5) is 15.4. The number of nitrogens with zero attached hydrogens (tertiary/aromatic N) is 3. The number of aromatic nitrogens is 3. The van der Waals surface area contributed by atoms with Gasteiger partial charge in [0.25, 0.3) is 0 Å². The van der Waals surface area contributed by atoms with Crippen molar-refractivity contribution in [3.63, 3.8) is 0 Å². The first kappa shape index (κ1) is 14.0. The average Bonchev–Trinajstić information content (AvgIpc) is 2.84. The molecule has 2 heterocycles. The van der Waals surface area contributed by atoms with Crippen LogP contribution < -0.4 is 0 Å². The van der Waals surface area contributed by atoms with Crippen LogP contribution in [0.1, 0.15) is 23.0 Å². The highest BCUT2D eigenvalue weighted by Crippen LogP contribution is 2.33. The van der Waals surface area contributed by atoms with Gasteiger partial charge in [0.1, 0.15) is 5.56 Å². The Morgan fingerprint density at radius 1 is 1.40 bits per heavy atom. The van der Waals surface area contributed by atoms with E-state index >= 15 is 0 Å². The molecule has 106 valence electrons. The Kier molecular flexibility index (Phi) is 3.73. The van der Waals surface area contributed by atoms with E-state index < -0.39 is 23.4 Å². The van der Waals surface area contributed by atoms with Gasteiger partial charge in [-0.1, -0.05) is 6.07 Å². The normalized spacial score (nSPS) is 11.4. The second-order valence-corrected chi connectivity index (χ2v) is 3.72. The molecule has 0 N–H and O–H groups in total. The molecular weight excluding hydrogens is 275 g/mol. The molecule has 2 aromatic rings. The molecule has 0 fully saturated rings. The van der Waals surface area contributed by atoms with Crippen LogP contribution in [0.4, 0.5) is 13.2 Å². The molecule has 0 unspecified atom stereocenters. The number of rotatable bonds is 3. The molecule has 0 atom stereocenters. The van der Waals surface area contributed by atoms with Crippen molar-refractivity contribution in [3.8, 4) is 5.82 Å². The molecule has 0 spiro atoms. The molecule has 0 aliphatic heterocycles. The minimum Gasteiger partial charge on any atom is -0.462 e. The standard InChI is InChI=1S/C12H10F3N3O2/c1-2-20-11(19)8-7-17-18(10(8)12(13,14)15)9-5-3-4-6-16-9/h3-7H,2H2,1H3. The molecule has 8 heteroatoms. The summed E-state index contributed by atoms with van der Waals surface area (Å²) in [6, 6.07) is 4.44. The molecule has 0 amide bonds. The molecule has 20 heavy (non-hydrogen) atoms. The quantitative estimate of drug-likeness (QED) is 0.813. The SMILES string of the molecule is CCOC(=O)c1cnn(-c2ccccn2)c1C(F)(F)F. The third-order valence-electron chi connectivity index (χ3n) is 2.40. The van der Waals surface area contributed by atoms with E-state index in [2.05, 4.69) is 14.8 Å². The van der Waals surface area contributed by atoms with Crippen LogP contribution >= 0.6 is 0 Å². The Hall–Kier alpha value is -2.38. The Morgan fingerprint density at radius 3 is 2.70 bits per heavy atom. The van der Waals surface area contributed by atoms with E-state index in [1.165, 1.54) is 25.3 Å². The molecule has 0 saturated heterocycles. The molecule has 0 saturated carbocycles. The number of alkyl halides is 3. The second-order valence-electron chi connectivity index (χ2n) is 3.72. The number of halogens is 3. The Bertz CT molecular complexity index is 608. The van der Waals surface area contributed by atoms with E-state index in [-0.39, 0.29) is 12.4 Å². The number of esters is 1. The van der Waals surface area contributed by atoms with E-state index in [1.54, 1.807) is 6.07 Å². The lowest BCUT2D eigenvalue weighted by Gasteiger charge is -2.11. The van der Waals surface area contributed by atoms with E-state index in [4.69, 9.17) is 0 Å². The first-order valence-corrected chi connectivity index (χ1v) is 5.69. The summed E-state index contributed by atoms with van der Waals surface area (Å²) >= 11 is 0. The Morgan fingerprint density at radius 2 is 2.15 bits per heavy atom. The molecule has 0 aliphatic rings. The number of carbonyl (C=O) groups is 1. The van der Waals surface area contributed by atoms with E-state index in [1.807, 2.05) is 0 Å². The van der Waals surface area contributed by atoms with Gasteiger partial charge in [0.2, 0.25) is 0 Å².